The van der Waals surface area contributed by atoms with Crippen LogP contribution in [0.2, 0.25) is 10.2 Å². The molecule has 0 N–H and O–H groups in total. The van der Waals surface area contributed by atoms with Crippen molar-refractivity contribution in [1.82, 2.24) is 14.6 Å². The zero-order valence-corrected chi connectivity index (χ0v) is 18.9. The summed E-state index contributed by atoms with van der Waals surface area (Å²) in [7, 11) is 0. The Balaban J connectivity index is 1.96. The summed E-state index contributed by atoms with van der Waals surface area (Å²) in [5.41, 5.74) is 2.95. The van der Waals surface area contributed by atoms with Crippen LogP contribution in [0.3, 0.4) is 0 Å². The lowest BCUT2D eigenvalue weighted by atomic mass is 9.98. The molecule has 0 unspecified atom stereocenters. The molecule has 0 radical (unpaired) electrons. The Kier molecular flexibility index (Phi) is 6.03. The number of rotatable bonds is 4. The van der Waals surface area contributed by atoms with Gasteiger partial charge in [-0.2, -0.15) is 9.61 Å². The molecule has 4 rings (SSSR count). The van der Waals surface area contributed by atoms with Crippen molar-refractivity contribution in [2.24, 2.45) is 11.8 Å². The van der Waals surface area contributed by atoms with Gasteiger partial charge in [0.2, 0.25) is 0 Å². The van der Waals surface area contributed by atoms with Crippen molar-refractivity contribution < 1.29 is 4.39 Å². The van der Waals surface area contributed by atoms with Gasteiger partial charge in [0.1, 0.15) is 16.8 Å². The second-order valence-corrected chi connectivity index (χ2v) is 9.10. The van der Waals surface area contributed by atoms with Gasteiger partial charge in [0.05, 0.1) is 16.8 Å². The molecule has 1 saturated heterocycles. The quantitative estimate of drug-likeness (QED) is 0.415. The number of fused-ring (bicyclic) bond motifs is 1. The molecule has 7 heteroatoms. The second-order valence-electron chi connectivity index (χ2n) is 8.33. The molecule has 1 fully saturated rings. The van der Waals surface area contributed by atoms with E-state index in [1.54, 1.807) is 6.07 Å². The largest absolute Gasteiger partial charge is 0.356 e. The van der Waals surface area contributed by atoms with Gasteiger partial charge < -0.3 is 4.90 Å². The summed E-state index contributed by atoms with van der Waals surface area (Å²) in [6.45, 7) is 8.29. The predicted molar refractivity (Wildman–Crippen MR) is 123 cm³/mol. The maximum atomic E-state index is 13.7. The van der Waals surface area contributed by atoms with Gasteiger partial charge in [-0.15, -0.1) is 0 Å². The maximum Gasteiger partial charge on any atom is 0.166 e. The molecular weight excluding hydrogens is 422 g/mol. The number of aromatic nitrogens is 3. The van der Waals surface area contributed by atoms with E-state index in [4.69, 9.17) is 23.2 Å². The molecule has 0 spiro atoms. The van der Waals surface area contributed by atoms with E-state index in [1.165, 1.54) is 12.1 Å². The molecule has 158 valence electrons. The lowest BCUT2D eigenvalue weighted by Crippen LogP contribution is -2.34. The van der Waals surface area contributed by atoms with Gasteiger partial charge >= 0.3 is 0 Å². The minimum absolute atomic E-state index is 0.303. The van der Waals surface area contributed by atoms with Gasteiger partial charge in [-0.3, -0.25) is 0 Å². The minimum atomic E-state index is -0.387. The Bertz CT molecular complexity index is 1100. The van der Waals surface area contributed by atoms with Crippen LogP contribution >= 0.6 is 23.2 Å². The normalized spacial score (nSPS) is 15.8. The highest BCUT2D eigenvalue weighted by atomic mass is 35.5. The van der Waals surface area contributed by atoms with Gasteiger partial charge in [-0.25, -0.2) is 9.37 Å². The van der Waals surface area contributed by atoms with Gasteiger partial charge in [0, 0.05) is 24.2 Å². The zero-order valence-electron chi connectivity index (χ0n) is 17.4. The molecule has 1 aliphatic rings. The smallest absolute Gasteiger partial charge is 0.166 e. The van der Waals surface area contributed by atoms with E-state index < -0.39 is 0 Å². The Hall–Kier alpha value is -2.11. The molecule has 3 heterocycles. The van der Waals surface area contributed by atoms with Crippen molar-refractivity contribution in [2.75, 3.05) is 18.0 Å². The van der Waals surface area contributed by atoms with Crippen molar-refractivity contribution in [3.63, 3.8) is 0 Å². The number of anilines is 1. The standard InChI is InChI=1S/C23H25Cl2FN4/c1-14(2)4-5-16-13-27-30-22(16)28-21(25)20(18-7-6-17(26)12-19(18)24)23(30)29-10-8-15(3)9-11-29/h4-7,12-15H,8-11H2,1-3H3. The van der Waals surface area contributed by atoms with Crippen molar-refractivity contribution in [3.8, 4) is 11.1 Å². The van der Waals surface area contributed by atoms with Crippen molar-refractivity contribution in [2.45, 2.75) is 33.6 Å². The van der Waals surface area contributed by atoms with Gasteiger partial charge in [0.25, 0.3) is 0 Å². The minimum Gasteiger partial charge on any atom is -0.356 e. The molecule has 4 nitrogen and oxygen atoms in total. The molecule has 0 amide bonds. The number of piperidine rings is 1. The van der Waals surface area contributed by atoms with Crippen molar-refractivity contribution in [1.29, 1.82) is 0 Å². The van der Waals surface area contributed by atoms with Crippen LogP contribution in [0.1, 0.15) is 39.2 Å². The Labute approximate surface area is 186 Å². The third-order valence-electron chi connectivity index (χ3n) is 5.55. The first-order valence-corrected chi connectivity index (χ1v) is 11.1. The molecule has 0 aliphatic carbocycles. The highest BCUT2D eigenvalue weighted by Gasteiger charge is 2.27. The first-order chi connectivity index (χ1) is 14.3. The number of halogens is 3. The topological polar surface area (TPSA) is 33.4 Å². The fraction of sp³-hybridized carbons (Fsp3) is 0.391. The number of allylic oxidation sites excluding steroid dienone is 1. The molecule has 1 aliphatic heterocycles. The second kappa shape index (κ2) is 8.56. The van der Waals surface area contributed by atoms with Gasteiger partial charge in [-0.1, -0.05) is 56.1 Å². The van der Waals surface area contributed by atoms with Crippen LogP contribution in [-0.4, -0.2) is 27.7 Å². The Morgan fingerprint density at radius 3 is 2.60 bits per heavy atom. The van der Waals surface area contributed by atoms with Crippen molar-refractivity contribution >= 4 is 40.7 Å². The third kappa shape index (κ3) is 4.06. The van der Waals surface area contributed by atoms with Crippen LogP contribution in [0.25, 0.3) is 22.9 Å². The fourth-order valence-corrected chi connectivity index (χ4v) is 4.35. The van der Waals surface area contributed by atoms with Crippen LogP contribution in [-0.2, 0) is 0 Å². The molecule has 3 aromatic rings. The van der Waals surface area contributed by atoms with Crippen LogP contribution in [0.15, 0.2) is 30.5 Å². The number of hydrogen-bond donors (Lipinski definition) is 0. The molecule has 0 saturated carbocycles. The first kappa shape index (κ1) is 21.1. The fourth-order valence-electron chi connectivity index (χ4n) is 3.82. The van der Waals surface area contributed by atoms with Crippen molar-refractivity contribution in [3.05, 3.63) is 52.0 Å². The summed E-state index contributed by atoms with van der Waals surface area (Å²) in [5.74, 6) is 1.56. The van der Waals surface area contributed by atoms with Crippen LogP contribution in [0.5, 0.6) is 0 Å². The number of nitrogens with zero attached hydrogens (tertiary/aromatic N) is 4. The van der Waals surface area contributed by atoms with E-state index in [9.17, 15) is 4.39 Å². The lowest BCUT2D eigenvalue weighted by Gasteiger charge is -2.33. The zero-order chi connectivity index (χ0) is 21.4. The van der Waals surface area contributed by atoms with E-state index in [0.717, 1.165) is 37.3 Å². The van der Waals surface area contributed by atoms with Gasteiger partial charge in [0.15, 0.2) is 5.65 Å². The van der Waals surface area contributed by atoms with Crippen LogP contribution in [0, 0.1) is 17.7 Å². The van der Waals surface area contributed by atoms with E-state index in [2.05, 4.69) is 41.8 Å². The summed E-state index contributed by atoms with van der Waals surface area (Å²) in [6, 6.07) is 4.36. The van der Waals surface area contributed by atoms with Crippen LogP contribution < -0.4 is 4.90 Å². The molecule has 30 heavy (non-hydrogen) atoms. The van der Waals surface area contributed by atoms with Gasteiger partial charge in [-0.05, 0) is 42.9 Å². The Morgan fingerprint density at radius 1 is 1.20 bits per heavy atom. The molecule has 0 bridgehead atoms. The maximum absolute atomic E-state index is 13.7. The Morgan fingerprint density at radius 2 is 1.93 bits per heavy atom. The van der Waals surface area contributed by atoms with E-state index in [-0.39, 0.29) is 5.82 Å². The predicted octanol–water partition coefficient (Wildman–Crippen LogP) is 6.75. The monoisotopic (exact) mass is 446 g/mol. The molecule has 0 atom stereocenters. The third-order valence-corrected chi connectivity index (χ3v) is 6.14. The summed E-state index contributed by atoms with van der Waals surface area (Å²) >= 11 is 13.2. The first-order valence-electron chi connectivity index (χ1n) is 10.3. The molecular formula is C23H25Cl2FN4. The highest BCUT2D eigenvalue weighted by molar-refractivity contribution is 6.36. The number of benzene rings is 1. The highest BCUT2D eigenvalue weighted by Crippen LogP contribution is 2.41. The lowest BCUT2D eigenvalue weighted by molar-refractivity contribution is 0.435. The SMILES string of the molecule is CC(C)C=Cc1cnn2c(N3CCC(C)CC3)c(-c3ccc(F)cc3Cl)c(Cl)nc12. The van der Waals surface area contributed by atoms with E-state index in [1.807, 2.05) is 16.8 Å². The summed E-state index contributed by atoms with van der Waals surface area (Å²) in [5, 5.41) is 5.29. The average molecular weight is 447 g/mol. The van der Waals surface area contributed by atoms with E-state index in [0.29, 0.717) is 38.8 Å². The summed E-state index contributed by atoms with van der Waals surface area (Å²) in [4.78, 5) is 6.95. The summed E-state index contributed by atoms with van der Waals surface area (Å²) in [6.07, 6.45) is 8.12. The average Bonchev–Trinajstić information content (AvgIpc) is 3.09. The van der Waals surface area contributed by atoms with Crippen LogP contribution in [0.4, 0.5) is 10.2 Å². The molecule has 2 aromatic heterocycles. The summed E-state index contributed by atoms with van der Waals surface area (Å²) < 4.78 is 15.5. The van der Waals surface area contributed by atoms with E-state index >= 15 is 0 Å². The number of hydrogen-bond acceptors (Lipinski definition) is 3. The molecule has 1 aromatic carbocycles.